The molecule has 2 aromatic carbocycles. The zero-order chi connectivity index (χ0) is 30.3. The van der Waals surface area contributed by atoms with Crippen LogP contribution < -0.4 is 226 Å². The van der Waals surface area contributed by atoms with Crippen LogP contribution >= 0.6 is 0 Å². The molecule has 212 valence electrons. The molecule has 0 unspecified atom stereocenters. The monoisotopic (exact) mass is 756 g/mol. The van der Waals surface area contributed by atoms with Gasteiger partial charge in [0.2, 0.25) is 0 Å². The van der Waals surface area contributed by atoms with Crippen molar-refractivity contribution in [1.29, 1.82) is 0 Å². The van der Waals surface area contributed by atoms with Crippen molar-refractivity contribution in [1.82, 2.24) is 9.78 Å². The number of nitrogens with one attached hydrogen (secondary N) is 1. The molecule has 45 heavy (non-hydrogen) atoms. The van der Waals surface area contributed by atoms with Gasteiger partial charge in [-0.15, -0.1) is 0 Å². The maximum atomic E-state index is 12.9. The second kappa shape index (κ2) is 19.1. The van der Waals surface area contributed by atoms with E-state index < -0.39 is 76.0 Å². The number of carboxylic acids is 2. The van der Waals surface area contributed by atoms with Gasteiger partial charge in [0, 0.05) is 0 Å². The Morgan fingerprint density at radius 3 is 1.64 bits per heavy atom. The van der Waals surface area contributed by atoms with Crippen LogP contribution in [0.1, 0.15) is 16.1 Å². The van der Waals surface area contributed by atoms with Crippen molar-refractivity contribution in [3.8, 4) is 5.69 Å². The summed E-state index contributed by atoms with van der Waals surface area (Å²) in [6, 6.07) is 7.74. The van der Waals surface area contributed by atoms with Gasteiger partial charge in [-0.25, -0.2) is 21.5 Å². The van der Waals surface area contributed by atoms with Gasteiger partial charge < -0.3 is 28.9 Å². The van der Waals surface area contributed by atoms with Gasteiger partial charge in [0.15, 0.2) is 0 Å². The summed E-state index contributed by atoms with van der Waals surface area (Å²) in [4.78, 5) is 47.8. The van der Waals surface area contributed by atoms with E-state index in [0.29, 0.717) is 9.69 Å². The summed E-state index contributed by atoms with van der Waals surface area (Å²) < 4.78 is 67.4. The summed E-state index contributed by atoms with van der Waals surface area (Å²) in [5.74, 6) is -4.72. The number of allylic oxidation sites excluding steroid dienone is 2. The number of H-pyrrole nitrogens is 1. The molecule has 3 aromatic rings. The number of aromatic amines is 1. The molecule has 22 heteroatoms. The number of hydrazone groups is 1. The first kappa shape index (κ1) is 46.4. The molecular formula is C23H12K4N4O12S2. The fourth-order valence-electron chi connectivity index (χ4n) is 3.59. The number of rotatable bonds is 8. The molecule has 1 aromatic heterocycles. The van der Waals surface area contributed by atoms with Crippen molar-refractivity contribution in [3.63, 3.8) is 0 Å². The number of carbonyl (C=O) groups is 3. The van der Waals surface area contributed by atoms with Gasteiger partial charge >= 0.3 is 206 Å². The van der Waals surface area contributed by atoms with Crippen LogP contribution in [0, 0.1) is 0 Å². The van der Waals surface area contributed by atoms with Crippen LogP contribution in [0.15, 0.2) is 85.9 Å². The predicted molar refractivity (Wildman–Crippen MR) is 130 cm³/mol. The van der Waals surface area contributed by atoms with Crippen molar-refractivity contribution in [2.45, 2.75) is 9.79 Å². The Labute approximate surface area is 424 Å². The number of aromatic nitrogens is 2. The summed E-state index contributed by atoms with van der Waals surface area (Å²) in [6.07, 6.45) is 2.79. The molecule has 2 heterocycles. The van der Waals surface area contributed by atoms with Gasteiger partial charge in [-0.2, -0.15) is 10.1 Å². The average Bonchev–Trinajstić information content (AvgIpc) is 3.40. The molecule has 0 saturated heterocycles. The number of aliphatic carboxylic acids is 1. The van der Waals surface area contributed by atoms with E-state index in [1.807, 2.05) is 0 Å². The fourth-order valence-corrected chi connectivity index (χ4v) is 4.53. The quantitative estimate of drug-likeness (QED) is 0.128. The SMILES string of the molecule is O=C([O-])C1=NN(c2ccc(S(=O)(=O)[O-])cc2)C(=O)C1=CC=Cc1c(C(=O)[O-])[nH]n(-c2ccc(S(=O)(=O)[O-])cc2)c1=O.[K+].[K+].[K+].[K+]. The maximum absolute atomic E-state index is 12.9. The Balaban J connectivity index is 0.00000484. The molecule has 1 amide bonds. The van der Waals surface area contributed by atoms with E-state index in [-0.39, 0.29) is 217 Å². The summed E-state index contributed by atoms with van der Waals surface area (Å²) in [7, 11) is -9.58. The molecule has 0 radical (unpaired) electrons. The molecule has 1 N–H and O–H groups in total. The van der Waals surface area contributed by atoms with Crippen molar-refractivity contribution in [3.05, 3.63) is 87.9 Å². The normalized spacial score (nSPS) is 13.7. The van der Waals surface area contributed by atoms with Gasteiger partial charge in [0.25, 0.3) is 11.5 Å². The van der Waals surface area contributed by atoms with Gasteiger partial charge in [-0.05, 0) is 60.7 Å². The third kappa shape index (κ3) is 11.2. The Morgan fingerprint density at radius 1 is 0.756 bits per heavy atom. The maximum Gasteiger partial charge on any atom is 1.00 e. The molecule has 0 aliphatic carbocycles. The van der Waals surface area contributed by atoms with E-state index in [1.54, 1.807) is 0 Å². The Bertz CT molecular complexity index is 1990. The molecular weight excluding hydrogens is 745 g/mol. The molecule has 1 aliphatic rings. The number of hydrogen-bond donors (Lipinski definition) is 1. The Kier molecular flexibility index (Phi) is 19.7. The van der Waals surface area contributed by atoms with Gasteiger partial charge in [0.1, 0.15) is 25.9 Å². The third-order valence-corrected chi connectivity index (χ3v) is 7.18. The number of nitrogens with zero attached hydrogens (tertiary/aromatic N) is 3. The average molecular weight is 757 g/mol. The summed E-state index contributed by atoms with van der Waals surface area (Å²) in [5, 5.41) is 29.7. The predicted octanol–water partition coefficient (Wildman–Crippen LogP) is -14.6. The largest absolute Gasteiger partial charge is 1.00 e. The molecule has 0 saturated carbocycles. The van der Waals surface area contributed by atoms with Crippen LogP contribution in [0.3, 0.4) is 0 Å². The summed E-state index contributed by atoms with van der Waals surface area (Å²) in [6.45, 7) is 0. The van der Waals surface area contributed by atoms with E-state index in [9.17, 15) is 55.3 Å². The second-order valence-corrected chi connectivity index (χ2v) is 10.8. The summed E-state index contributed by atoms with van der Waals surface area (Å²) in [5.41, 5.74) is -3.76. The second-order valence-electron chi connectivity index (χ2n) is 8.02. The first-order chi connectivity index (χ1) is 19.1. The number of anilines is 1. The van der Waals surface area contributed by atoms with E-state index >= 15 is 0 Å². The Morgan fingerprint density at radius 2 is 1.22 bits per heavy atom. The first-order valence-corrected chi connectivity index (χ1v) is 13.6. The Hall–Kier alpha value is 1.38. The minimum atomic E-state index is -4.79. The molecule has 0 spiro atoms. The third-order valence-electron chi connectivity index (χ3n) is 5.48. The van der Waals surface area contributed by atoms with Crippen molar-refractivity contribution < 1.29 is 256 Å². The number of benzene rings is 2. The van der Waals surface area contributed by atoms with E-state index in [0.717, 1.165) is 66.8 Å². The standard InChI is InChI=1S/C23H16N4O12S2.4K/c28-20-16(18(22(30)31)24-26(20)12-4-8-14(9-5-12)40(34,35)36)2-1-3-17-19(23(32)33)25-27(21(17)29)13-6-10-15(11-7-13)41(37,38)39;;;;/h1-11,24H,(H,30,31)(H,32,33)(H,34,35,36)(H,37,38,39);;;;/q;4*+1/p-4. The number of carbonyl (C=O) groups excluding carboxylic acids is 3. The minimum absolute atomic E-state index is 0. The molecule has 4 rings (SSSR count). The number of amides is 1. The van der Waals surface area contributed by atoms with Crippen LogP contribution in [-0.2, 0) is 29.8 Å². The van der Waals surface area contributed by atoms with E-state index in [4.69, 9.17) is 0 Å². The fraction of sp³-hybridized carbons (Fsp3) is 0. The molecule has 0 bridgehead atoms. The van der Waals surface area contributed by atoms with Crippen LogP contribution in [0.25, 0.3) is 11.8 Å². The van der Waals surface area contributed by atoms with Gasteiger partial charge in [-0.3, -0.25) is 14.7 Å². The zero-order valence-corrected chi connectivity index (χ0v) is 38.0. The number of aromatic carboxylic acids is 1. The molecule has 0 fully saturated rings. The number of hydrogen-bond acceptors (Lipinski definition) is 13. The minimum Gasteiger partial charge on any atom is -0.744 e. The van der Waals surface area contributed by atoms with Crippen LogP contribution in [-0.4, -0.2) is 59.3 Å². The van der Waals surface area contributed by atoms with Crippen LogP contribution in [0.2, 0.25) is 0 Å². The smallest absolute Gasteiger partial charge is 0.744 e. The molecule has 0 atom stereocenters. The van der Waals surface area contributed by atoms with Crippen LogP contribution in [0.4, 0.5) is 5.69 Å². The molecule has 1 aliphatic heterocycles. The molecule has 16 nitrogen and oxygen atoms in total. The summed E-state index contributed by atoms with van der Waals surface area (Å²) >= 11 is 0. The van der Waals surface area contributed by atoms with E-state index in [1.165, 1.54) is 0 Å². The van der Waals surface area contributed by atoms with Crippen molar-refractivity contribution in [2.75, 3.05) is 5.01 Å². The van der Waals surface area contributed by atoms with Crippen molar-refractivity contribution >= 4 is 55.6 Å². The van der Waals surface area contributed by atoms with Crippen LogP contribution in [0.5, 0.6) is 0 Å². The van der Waals surface area contributed by atoms with E-state index in [2.05, 4.69) is 10.2 Å². The van der Waals surface area contributed by atoms with Crippen molar-refractivity contribution in [2.24, 2.45) is 5.10 Å². The first-order valence-electron chi connectivity index (χ1n) is 10.8. The van der Waals surface area contributed by atoms with Gasteiger partial charge in [-0.1, -0.05) is 6.08 Å². The zero-order valence-electron chi connectivity index (χ0n) is 23.9. The topological polar surface area (TPSA) is 265 Å². The number of carboxylic acid groups (broad SMARTS) is 2. The van der Waals surface area contributed by atoms with Gasteiger partial charge in [0.05, 0.1) is 49.9 Å².